The molecule has 0 heterocycles. The van der Waals surface area contributed by atoms with Gasteiger partial charge in [0.05, 0.1) is 5.56 Å². The molecule has 0 spiro atoms. The van der Waals surface area contributed by atoms with Crippen molar-refractivity contribution in [2.45, 2.75) is 12.5 Å². The van der Waals surface area contributed by atoms with Crippen LogP contribution in [-0.4, -0.2) is 11.8 Å². The largest absolute Gasteiger partial charge is 0.470 e. The molecule has 0 amide bonds. The molecule has 0 N–H and O–H groups in total. The molecule has 1 unspecified atom stereocenters. The minimum atomic E-state index is -0.541. The number of rotatable bonds is 4. The van der Waals surface area contributed by atoms with E-state index in [-0.39, 0.29) is 0 Å². The van der Waals surface area contributed by atoms with Crippen molar-refractivity contribution in [3.8, 4) is 5.75 Å². The highest BCUT2D eigenvalue weighted by Crippen LogP contribution is 2.18. The molecule has 0 aliphatic rings. The number of carbonyl (C=O) groups is 1. The average molecular weight is 211 g/mol. The summed E-state index contributed by atoms with van der Waals surface area (Å²) in [5.74, 6) is 0.501. The minimum absolute atomic E-state index is 0.501. The van der Waals surface area contributed by atoms with Gasteiger partial charge in [-0.3, -0.25) is 4.79 Å². The van der Waals surface area contributed by atoms with E-state index in [1.807, 2.05) is 6.92 Å². The summed E-state index contributed by atoms with van der Waals surface area (Å²) in [6, 6.07) is 6.96. The molecule has 74 valence electrons. The number of benzene rings is 1. The summed E-state index contributed by atoms with van der Waals surface area (Å²) in [6.07, 6.45) is 4.24. The second kappa shape index (κ2) is 5.45. The summed E-state index contributed by atoms with van der Waals surface area (Å²) in [6.45, 7) is 1.85. The van der Waals surface area contributed by atoms with Crippen LogP contribution in [0.4, 0.5) is 0 Å². The van der Waals surface area contributed by atoms with Gasteiger partial charge in [0.15, 0.2) is 11.8 Å². The van der Waals surface area contributed by atoms with Gasteiger partial charge in [0.1, 0.15) is 5.75 Å². The third kappa shape index (κ3) is 2.89. The number of hydrogen-bond donors (Lipinski definition) is 0. The van der Waals surface area contributed by atoms with Gasteiger partial charge in [-0.15, -0.1) is 0 Å². The van der Waals surface area contributed by atoms with Crippen molar-refractivity contribution >= 4 is 17.9 Å². The Kier molecular flexibility index (Phi) is 4.20. The van der Waals surface area contributed by atoms with E-state index in [9.17, 15) is 4.79 Å². The van der Waals surface area contributed by atoms with Crippen molar-refractivity contribution in [1.82, 2.24) is 0 Å². The Morgan fingerprint density at radius 2 is 2.14 bits per heavy atom. The second-order valence-corrected chi connectivity index (χ2v) is 3.08. The quantitative estimate of drug-likeness (QED) is 0.434. The number of para-hydroxylation sites is 1. The van der Waals surface area contributed by atoms with Crippen LogP contribution >= 0.6 is 11.6 Å². The van der Waals surface area contributed by atoms with Crippen molar-refractivity contribution in [1.29, 1.82) is 0 Å². The van der Waals surface area contributed by atoms with Crippen LogP contribution in [0.5, 0.6) is 5.75 Å². The molecule has 0 radical (unpaired) electrons. The van der Waals surface area contributed by atoms with E-state index in [2.05, 4.69) is 0 Å². The Balaban J connectivity index is 2.80. The van der Waals surface area contributed by atoms with Crippen LogP contribution in [0, 0.1) is 0 Å². The summed E-state index contributed by atoms with van der Waals surface area (Å²) in [5.41, 5.74) is -0.0382. The first-order valence-corrected chi connectivity index (χ1v) is 4.69. The topological polar surface area (TPSA) is 26.3 Å². The van der Waals surface area contributed by atoms with Crippen LogP contribution < -0.4 is 4.74 Å². The lowest BCUT2D eigenvalue weighted by molar-refractivity contribution is 0.111. The molecule has 0 saturated carbocycles. The highest BCUT2D eigenvalue weighted by molar-refractivity contribution is 6.21. The normalized spacial score (nSPS) is 12.7. The first kappa shape index (κ1) is 10.8. The lowest BCUT2D eigenvalue weighted by Gasteiger charge is -2.10. The van der Waals surface area contributed by atoms with E-state index in [0.29, 0.717) is 11.3 Å². The number of halogens is 1. The van der Waals surface area contributed by atoms with Crippen molar-refractivity contribution in [3.63, 3.8) is 0 Å². The third-order valence-electron chi connectivity index (χ3n) is 1.63. The van der Waals surface area contributed by atoms with Gasteiger partial charge < -0.3 is 4.74 Å². The number of ether oxygens (including phenoxy) is 1. The van der Waals surface area contributed by atoms with Gasteiger partial charge >= 0.3 is 0 Å². The first-order chi connectivity index (χ1) is 6.77. The van der Waals surface area contributed by atoms with Crippen molar-refractivity contribution in [2.24, 2.45) is 0 Å². The monoisotopic (exact) mass is 210 g/mol. The van der Waals surface area contributed by atoms with Gasteiger partial charge in [-0.25, -0.2) is 0 Å². The van der Waals surface area contributed by atoms with Gasteiger partial charge in [0.2, 0.25) is 0 Å². The molecule has 0 aliphatic heterocycles. The number of allylic oxidation sites excluding steroid dienone is 1. The first-order valence-electron chi connectivity index (χ1n) is 4.25. The maximum Gasteiger partial charge on any atom is 0.190 e. The number of aldehydes is 1. The molecule has 0 aromatic heterocycles. The zero-order chi connectivity index (χ0) is 10.4. The Bertz CT molecular complexity index is 334. The second-order valence-electron chi connectivity index (χ2n) is 2.65. The molecule has 0 aliphatic carbocycles. The minimum Gasteiger partial charge on any atom is -0.470 e. The standard InChI is InChI=1S/C11H11ClO2/c1-2-5-11(12)14-10-7-4-3-6-9(10)8-13/h2-8,11H,1H3/b5-2+. The molecule has 0 bridgehead atoms. The lowest BCUT2D eigenvalue weighted by atomic mass is 10.2. The van der Waals surface area contributed by atoms with E-state index in [4.69, 9.17) is 16.3 Å². The summed E-state index contributed by atoms with van der Waals surface area (Å²) < 4.78 is 5.32. The molecule has 0 fully saturated rings. The summed E-state index contributed by atoms with van der Waals surface area (Å²) in [4.78, 5) is 10.6. The van der Waals surface area contributed by atoms with Gasteiger partial charge in [-0.05, 0) is 25.1 Å². The van der Waals surface area contributed by atoms with E-state index in [0.717, 1.165) is 6.29 Å². The van der Waals surface area contributed by atoms with Crippen LogP contribution in [0.1, 0.15) is 17.3 Å². The molecular weight excluding hydrogens is 200 g/mol. The predicted octanol–water partition coefficient (Wildman–Crippen LogP) is 3.02. The maximum absolute atomic E-state index is 10.6. The summed E-state index contributed by atoms with van der Waals surface area (Å²) in [5, 5.41) is 0. The maximum atomic E-state index is 10.6. The van der Waals surface area contributed by atoms with Gasteiger partial charge in [-0.2, -0.15) is 0 Å². The highest BCUT2D eigenvalue weighted by atomic mass is 35.5. The van der Waals surface area contributed by atoms with E-state index < -0.39 is 5.56 Å². The molecule has 1 rings (SSSR count). The molecule has 1 atom stereocenters. The fraction of sp³-hybridized carbons (Fsp3) is 0.182. The zero-order valence-corrected chi connectivity index (χ0v) is 8.57. The van der Waals surface area contributed by atoms with Crippen molar-refractivity contribution < 1.29 is 9.53 Å². The number of hydrogen-bond acceptors (Lipinski definition) is 2. The van der Waals surface area contributed by atoms with Crippen LogP contribution in [0.2, 0.25) is 0 Å². The molecule has 2 nitrogen and oxygen atoms in total. The fourth-order valence-electron chi connectivity index (χ4n) is 0.997. The lowest BCUT2D eigenvalue weighted by Crippen LogP contribution is -2.06. The van der Waals surface area contributed by atoms with Crippen LogP contribution in [-0.2, 0) is 0 Å². The fourth-order valence-corrected chi connectivity index (χ4v) is 1.24. The Morgan fingerprint density at radius 1 is 1.43 bits per heavy atom. The van der Waals surface area contributed by atoms with Gasteiger partial charge in [-0.1, -0.05) is 29.8 Å². The van der Waals surface area contributed by atoms with Crippen LogP contribution in [0.3, 0.4) is 0 Å². The van der Waals surface area contributed by atoms with E-state index in [1.54, 1.807) is 36.4 Å². The van der Waals surface area contributed by atoms with Gasteiger partial charge in [0.25, 0.3) is 0 Å². The van der Waals surface area contributed by atoms with Crippen LogP contribution in [0.25, 0.3) is 0 Å². The predicted molar refractivity (Wildman–Crippen MR) is 56.9 cm³/mol. The molecule has 0 saturated heterocycles. The average Bonchev–Trinajstić information content (AvgIpc) is 2.19. The summed E-state index contributed by atoms with van der Waals surface area (Å²) in [7, 11) is 0. The molecule has 3 heteroatoms. The Morgan fingerprint density at radius 3 is 2.79 bits per heavy atom. The zero-order valence-electron chi connectivity index (χ0n) is 7.81. The molecule has 1 aromatic carbocycles. The van der Waals surface area contributed by atoms with E-state index >= 15 is 0 Å². The summed E-state index contributed by atoms with van der Waals surface area (Å²) >= 11 is 5.82. The smallest absolute Gasteiger partial charge is 0.190 e. The van der Waals surface area contributed by atoms with Crippen molar-refractivity contribution in [2.75, 3.05) is 0 Å². The molecule has 1 aromatic rings. The molecule has 14 heavy (non-hydrogen) atoms. The SMILES string of the molecule is C/C=C/C(Cl)Oc1ccccc1C=O. The molecular formula is C11H11ClO2. The number of carbonyl (C=O) groups excluding carboxylic acids is 1. The van der Waals surface area contributed by atoms with Gasteiger partial charge in [0, 0.05) is 0 Å². The highest BCUT2D eigenvalue weighted by Gasteiger charge is 2.05. The number of alkyl halides is 1. The van der Waals surface area contributed by atoms with Crippen molar-refractivity contribution in [3.05, 3.63) is 42.0 Å². The Hall–Kier alpha value is -1.28. The third-order valence-corrected chi connectivity index (χ3v) is 1.86. The van der Waals surface area contributed by atoms with Crippen LogP contribution in [0.15, 0.2) is 36.4 Å². The van der Waals surface area contributed by atoms with E-state index in [1.165, 1.54) is 0 Å². The Labute approximate surface area is 88.1 Å².